The number of benzene rings is 1. The first-order valence-electron chi connectivity index (χ1n) is 8.83. The molecule has 148 valence electrons. The lowest BCUT2D eigenvalue weighted by Gasteiger charge is -2.14. The Hall–Kier alpha value is -2.48. The molecule has 0 aliphatic rings. The van der Waals surface area contributed by atoms with E-state index >= 15 is 0 Å². The Labute approximate surface area is 164 Å². The predicted octanol–water partition coefficient (Wildman–Crippen LogP) is 2.78. The Bertz CT molecular complexity index is 736. The van der Waals surface area contributed by atoms with Crippen molar-refractivity contribution in [1.29, 1.82) is 0 Å². The minimum Gasteiger partial charge on any atom is -0.493 e. The average Bonchev–Trinajstić information content (AvgIpc) is 3.10. The quantitative estimate of drug-likeness (QED) is 0.505. The zero-order valence-corrected chi connectivity index (χ0v) is 17.4. The number of guanidine groups is 1. The van der Waals surface area contributed by atoms with Gasteiger partial charge in [0.1, 0.15) is 0 Å². The fourth-order valence-electron chi connectivity index (χ4n) is 2.54. The molecule has 27 heavy (non-hydrogen) atoms. The molecule has 2 N–H and O–H groups in total. The number of nitrogens with zero attached hydrogens (tertiary/aromatic N) is 2. The Balaban J connectivity index is 2.04. The van der Waals surface area contributed by atoms with Crippen LogP contribution in [0.3, 0.4) is 0 Å². The van der Waals surface area contributed by atoms with Crippen LogP contribution >= 0.6 is 11.3 Å². The third-order valence-electron chi connectivity index (χ3n) is 3.79. The number of nitrogens with one attached hydrogen (secondary N) is 2. The largest absolute Gasteiger partial charge is 0.493 e. The highest BCUT2D eigenvalue weighted by Crippen LogP contribution is 2.38. The van der Waals surface area contributed by atoms with Crippen LogP contribution in [-0.2, 0) is 13.0 Å². The van der Waals surface area contributed by atoms with Crippen molar-refractivity contribution in [2.75, 3.05) is 34.4 Å². The second-order valence-corrected chi connectivity index (χ2v) is 7.09. The van der Waals surface area contributed by atoms with E-state index in [1.165, 1.54) is 4.88 Å². The van der Waals surface area contributed by atoms with Gasteiger partial charge in [-0.15, -0.1) is 11.3 Å². The summed E-state index contributed by atoms with van der Waals surface area (Å²) in [6.45, 7) is 6.16. The molecule has 7 nitrogen and oxygen atoms in total. The van der Waals surface area contributed by atoms with E-state index in [0.29, 0.717) is 23.8 Å². The van der Waals surface area contributed by atoms with Crippen molar-refractivity contribution in [3.8, 4) is 17.2 Å². The molecule has 0 saturated carbocycles. The van der Waals surface area contributed by atoms with Crippen molar-refractivity contribution >= 4 is 17.3 Å². The highest BCUT2D eigenvalue weighted by atomic mass is 32.1. The number of ether oxygens (including phenoxy) is 3. The van der Waals surface area contributed by atoms with Gasteiger partial charge in [-0.2, -0.15) is 0 Å². The van der Waals surface area contributed by atoms with E-state index in [9.17, 15) is 0 Å². The summed E-state index contributed by atoms with van der Waals surface area (Å²) in [6, 6.07) is 3.82. The number of rotatable bonds is 9. The van der Waals surface area contributed by atoms with E-state index in [1.807, 2.05) is 25.3 Å². The normalized spacial score (nSPS) is 11.2. The van der Waals surface area contributed by atoms with Crippen LogP contribution in [0.5, 0.6) is 17.2 Å². The molecule has 1 aromatic heterocycles. The molecule has 8 heteroatoms. The van der Waals surface area contributed by atoms with Gasteiger partial charge in [-0.1, -0.05) is 0 Å². The Morgan fingerprint density at radius 1 is 1.11 bits per heavy atom. The van der Waals surface area contributed by atoms with Crippen LogP contribution in [0.1, 0.15) is 22.4 Å². The third kappa shape index (κ3) is 6.02. The molecular formula is C19H28N4O3S. The number of thiazole rings is 1. The first-order valence-corrected chi connectivity index (χ1v) is 9.65. The molecule has 1 aromatic carbocycles. The standard InChI is InChI=1S/C19H28N4O3S/c1-6-20-19(21-8-7-17-22-11-13(2)27-17)23-12-14-9-15(24-3)18(26-5)16(10-14)25-4/h9-11H,6-8,12H2,1-5H3,(H2,20,21,23). The third-order valence-corrected chi connectivity index (χ3v) is 4.76. The van der Waals surface area contributed by atoms with E-state index in [4.69, 9.17) is 14.2 Å². The minimum atomic E-state index is 0.488. The topological polar surface area (TPSA) is 77.0 Å². The predicted molar refractivity (Wildman–Crippen MR) is 109 cm³/mol. The molecule has 0 spiro atoms. The van der Waals surface area contributed by atoms with E-state index in [0.717, 1.165) is 36.0 Å². The van der Waals surface area contributed by atoms with Gasteiger partial charge in [-0.3, -0.25) is 0 Å². The van der Waals surface area contributed by atoms with E-state index < -0.39 is 0 Å². The van der Waals surface area contributed by atoms with Crippen LogP contribution in [0.4, 0.5) is 0 Å². The molecule has 0 fully saturated rings. The second-order valence-electron chi connectivity index (χ2n) is 5.77. The molecule has 0 unspecified atom stereocenters. The maximum Gasteiger partial charge on any atom is 0.203 e. The van der Waals surface area contributed by atoms with Crippen LogP contribution in [-0.4, -0.2) is 45.4 Å². The van der Waals surface area contributed by atoms with Crippen LogP contribution in [0.15, 0.2) is 23.3 Å². The van der Waals surface area contributed by atoms with Gasteiger partial charge >= 0.3 is 0 Å². The highest BCUT2D eigenvalue weighted by molar-refractivity contribution is 7.11. The van der Waals surface area contributed by atoms with Gasteiger partial charge in [0.05, 0.1) is 32.9 Å². The summed E-state index contributed by atoms with van der Waals surface area (Å²) >= 11 is 1.72. The summed E-state index contributed by atoms with van der Waals surface area (Å²) in [5, 5.41) is 7.73. The molecule has 1 heterocycles. The highest BCUT2D eigenvalue weighted by Gasteiger charge is 2.13. The molecule has 0 saturated heterocycles. The second kappa shape index (κ2) is 10.6. The molecule has 2 rings (SSSR count). The molecule has 0 atom stereocenters. The summed E-state index contributed by atoms with van der Waals surface area (Å²) in [4.78, 5) is 10.3. The lowest BCUT2D eigenvalue weighted by atomic mass is 10.2. The fraction of sp³-hybridized carbons (Fsp3) is 0.474. The van der Waals surface area contributed by atoms with Gasteiger partial charge in [0, 0.05) is 30.6 Å². The van der Waals surface area contributed by atoms with Crippen molar-refractivity contribution in [3.63, 3.8) is 0 Å². The Kier molecular flexibility index (Phi) is 8.19. The average molecular weight is 393 g/mol. The monoisotopic (exact) mass is 392 g/mol. The number of methoxy groups -OCH3 is 3. The summed E-state index contributed by atoms with van der Waals surface area (Å²) in [7, 11) is 4.81. The lowest BCUT2D eigenvalue weighted by Crippen LogP contribution is -2.38. The van der Waals surface area contributed by atoms with Crippen molar-refractivity contribution in [2.45, 2.75) is 26.8 Å². The maximum absolute atomic E-state index is 5.40. The maximum atomic E-state index is 5.40. The number of aryl methyl sites for hydroxylation is 1. The minimum absolute atomic E-state index is 0.488. The summed E-state index contributed by atoms with van der Waals surface area (Å²) in [5.74, 6) is 2.59. The van der Waals surface area contributed by atoms with Crippen LogP contribution in [0, 0.1) is 6.92 Å². The Morgan fingerprint density at radius 3 is 2.33 bits per heavy atom. The lowest BCUT2D eigenvalue weighted by molar-refractivity contribution is 0.324. The molecule has 2 aromatic rings. The van der Waals surface area contributed by atoms with Gasteiger partial charge < -0.3 is 24.8 Å². The molecule has 0 aliphatic heterocycles. The first kappa shape index (κ1) is 20.8. The van der Waals surface area contributed by atoms with E-state index in [1.54, 1.807) is 32.7 Å². The molecule has 0 amide bonds. The summed E-state index contributed by atoms with van der Waals surface area (Å²) in [6.07, 6.45) is 2.77. The Morgan fingerprint density at radius 2 is 1.81 bits per heavy atom. The van der Waals surface area contributed by atoms with Crippen molar-refractivity contribution in [1.82, 2.24) is 15.6 Å². The summed E-state index contributed by atoms with van der Waals surface area (Å²) in [5.41, 5.74) is 0.970. The smallest absolute Gasteiger partial charge is 0.203 e. The van der Waals surface area contributed by atoms with Gasteiger partial charge in [-0.05, 0) is 31.5 Å². The van der Waals surface area contributed by atoms with Gasteiger partial charge in [0.2, 0.25) is 5.75 Å². The fourth-order valence-corrected chi connectivity index (χ4v) is 3.33. The van der Waals surface area contributed by atoms with Gasteiger partial charge in [0.25, 0.3) is 0 Å². The molecule has 0 radical (unpaired) electrons. The van der Waals surface area contributed by atoms with Crippen LogP contribution in [0.25, 0.3) is 0 Å². The first-order chi connectivity index (χ1) is 13.1. The molecule has 0 bridgehead atoms. The number of hydrogen-bond donors (Lipinski definition) is 2. The number of aliphatic imine (C=N–C) groups is 1. The van der Waals surface area contributed by atoms with Crippen molar-refractivity contribution in [2.24, 2.45) is 4.99 Å². The zero-order chi connectivity index (χ0) is 19.6. The molecular weight excluding hydrogens is 364 g/mol. The van der Waals surface area contributed by atoms with E-state index in [2.05, 4.69) is 27.5 Å². The van der Waals surface area contributed by atoms with Crippen LogP contribution in [0.2, 0.25) is 0 Å². The van der Waals surface area contributed by atoms with Crippen molar-refractivity contribution in [3.05, 3.63) is 33.8 Å². The van der Waals surface area contributed by atoms with E-state index in [-0.39, 0.29) is 0 Å². The summed E-state index contributed by atoms with van der Waals surface area (Å²) < 4.78 is 16.2. The SMILES string of the molecule is CCNC(=NCc1cc(OC)c(OC)c(OC)c1)NCCc1ncc(C)s1. The van der Waals surface area contributed by atoms with Crippen LogP contribution < -0.4 is 24.8 Å². The number of aromatic nitrogens is 1. The van der Waals surface area contributed by atoms with Gasteiger partial charge in [-0.25, -0.2) is 9.98 Å². The molecule has 0 aliphatic carbocycles. The zero-order valence-electron chi connectivity index (χ0n) is 16.6. The number of hydrogen-bond acceptors (Lipinski definition) is 6. The van der Waals surface area contributed by atoms with Crippen molar-refractivity contribution < 1.29 is 14.2 Å². The van der Waals surface area contributed by atoms with Gasteiger partial charge in [0.15, 0.2) is 17.5 Å².